The number of carboxylic acids is 1. The lowest BCUT2D eigenvalue weighted by Gasteiger charge is -2.09. The molecule has 2 N–H and O–H groups in total. The highest BCUT2D eigenvalue weighted by atomic mass is 16.5. The molecular weight excluding hydrogens is 246 g/mol. The summed E-state index contributed by atoms with van der Waals surface area (Å²) in [6, 6.07) is 6.68. The number of unbranched alkanes of at least 4 members (excludes halogenated alkanes) is 1. The quantitative estimate of drug-likeness (QED) is 0.606. The van der Waals surface area contributed by atoms with Crippen LogP contribution in [0.1, 0.15) is 24.8 Å². The van der Waals surface area contributed by atoms with Crippen molar-refractivity contribution in [2.75, 3.05) is 7.11 Å². The molecule has 100 valence electrons. The average molecular weight is 261 g/mol. The van der Waals surface area contributed by atoms with Gasteiger partial charge in [0, 0.05) is 12.5 Å². The molecule has 0 aliphatic carbocycles. The van der Waals surface area contributed by atoms with Crippen LogP contribution >= 0.6 is 0 Å². The van der Waals surface area contributed by atoms with Crippen molar-refractivity contribution in [1.29, 1.82) is 5.26 Å². The first kappa shape index (κ1) is 14.6. The van der Waals surface area contributed by atoms with Gasteiger partial charge in [-0.2, -0.15) is 5.26 Å². The number of carbonyl (C=O) groups is 1. The Morgan fingerprint density at radius 3 is 2.84 bits per heavy atom. The molecule has 0 aliphatic rings. The van der Waals surface area contributed by atoms with Gasteiger partial charge in [-0.15, -0.1) is 0 Å². The molecule has 0 amide bonds. The summed E-state index contributed by atoms with van der Waals surface area (Å²) in [7, 11) is 1.43. The van der Waals surface area contributed by atoms with Crippen molar-refractivity contribution in [1.82, 2.24) is 0 Å². The molecule has 0 aliphatic heterocycles. The zero-order valence-corrected chi connectivity index (χ0v) is 10.6. The Balaban J connectivity index is 3.04. The van der Waals surface area contributed by atoms with Gasteiger partial charge in [0.15, 0.2) is 11.5 Å². The summed E-state index contributed by atoms with van der Waals surface area (Å²) in [5.74, 6) is -0.758. The van der Waals surface area contributed by atoms with Crippen LogP contribution in [0.2, 0.25) is 0 Å². The zero-order valence-electron chi connectivity index (χ0n) is 10.6. The molecule has 1 rings (SSSR count). The van der Waals surface area contributed by atoms with Gasteiger partial charge in [0.1, 0.15) is 0 Å². The van der Waals surface area contributed by atoms with Gasteiger partial charge in [0.2, 0.25) is 0 Å². The van der Waals surface area contributed by atoms with Gasteiger partial charge in [0.25, 0.3) is 0 Å². The molecule has 0 aromatic heterocycles. The summed E-state index contributed by atoms with van der Waals surface area (Å²) in [6.45, 7) is 0. The molecule has 0 radical (unpaired) electrons. The van der Waals surface area contributed by atoms with E-state index in [1.54, 1.807) is 12.1 Å². The number of allylic oxidation sites excluding steroid dienone is 1. The molecule has 1 aromatic carbocycles. The van der Waals surface area contributed by atoms with E-state index in [4.69, 9.17) is 15.1 Å². The number of carboxylic acid groups (broad SMARTS) is 1. The fraction of sp³-hybridized carbons (Fsp3) is 0.286. The van der Waals surface area contributed by atoms with Crippen molar-refractivity contribution in [2.24, 2.45) is 0 Å². The Morgan fingerprint density at radius 1 is 1.53 bits per heavy atom. The molecule has 0 heterocycles. The first-order valence-corrected chi connectivity index (χ1v) is 5.76. The maximum atomic E-state index is 10.8. The van der Waals surface area contributed by atoms with Crippen LogP contribution in [-0.2, 0) is 4.79 Å². The highest BCUT2D eigenvalue weighted by Gasteiger charge is 2.08. The third kappa shape index (κ3) is 4.36. The molecule has 0 unspecified atom stereocenters. The van der Waals surface area contributed by atoms with Crippen molar-refractivity contribution in [2.45, 2.75) is 19.3 Å². The first-order valence-electron chi connectivity index (χ1n) is 5.76. The molecule has 1 aromatic rings. The Hall–Kier alpha value is -2.48. The summed E-state index contributed by atoms with van der Waals surface area (Å²) < 4.78 is 4.99. The van der Waals surface area contributed by atoms with E-state index < -0.39 is 5.97 Å². The second-order valence-corrected chi connectivity index (χ2v) is 3.91. The van der Waals surface area contributed by atoms with Crippen LogP contribution in [0.3, 0.4) is 0 Å². The van der Waals surface area contributed by atoms with Crippen LogP contribution in [0.15, 0.2) is 24.3 Å². The number of aliphatic carboxylic acids is 1. The monoisotopic (exact) mass is 261 g/mol. The van der Waals surface area contributed by atoms with E-state index in [1.165, 1.54) is 13.2 Å². The number of hydrogen-bond acceptors (Lipinski definition) is 4. The maximum Gasteiger partial charge on any atom is 0.328 e. The van der Waals surface area contributed by atoms with Crippen LogP contribution in [0.5, 0.6) is 11.5 Å². The number of phenols is 1. The fourth-order valence-corrected chi connectivity index (χ4v) is 1.68. The standard InChI is InChI=1S/C14H15NO4/c1-19-13-8-11(5-6-12(13)16)10(9-14(17)18)4-2-3-7-15/h5-6,8-9,16H,2-4H2,1H3,(H,17,18)/b10-9+. The van der Waals surface area contributed by atoms with E-state index in [0.717, 1.165) is 6.08 Å². The van der Waals surface area contributed by atoms with Crippen LogP contribution in [0, 0.1) is 11.3 Å². The summed E-state index contributed by atoms with van der Waals surface area (Å²) in [6.07, 6.45) is 2.54. The molecule has 5 heteroatoms. The van der Waals surface area contributed by atoms with Crippen LogP contribution in [-0.4, -0.2) is 23.3 Å². The predicted molar refractivity (Wildman–Crippen MR) is 69.7 cm³/mol. The number of hydrogen-bond donors (Lipinski definition) is 2. The molecule has 5 nitrogen and oxygen atoms in total. The fourth-order valence-electron chi connectivity index (χ4n) is 1.68. The van der Waals surface area contributed by atoms with Crippen molar-refractivity contribution in [3.63, 3.8) is 0 Å². The topological polar surface area (TPSA) is 90.5 Å². The highest BCUT2D eigenvalue weighted by molar-refractivity contribution is 5.90. The molecule has 0 saturated carbocycles. The highest BCUT2D eigenvalue weighted by Crippen LogP contribution is 2.31. The van der Waals surface area contributed by atoms with Crippen LogP contribution in [0.4, 0.5) is 0 Å². The predicted octanol–water partition coefficient (Wildman–Crippen LogP) is 2.56. The normalized spacial score (nSPS) is 10.8. The smallest absolute Gasteiger partial charge is 0.328 e. The van der Waals surface area contributed by atoms with E-state index in [2.05, 4.69) is 0 Å². The zero-order chi connectivity index (χ0) is 14.3. The lowest BCUT2D eigenvalue weighted by molar-refractivity contribution is -0.131. The van der Waals surface area contributed by atoms with Gasteiger partial charge in [-0.05, 0) is 36.1 Å². The number of benzene rings is 1. The number of rotatable bonds is 6. The Bertz CT molecular complexity index is 529. The van der Waals surface area contributed by atoms with Gasteiger partial charge in [0.05, 0.1) is 13.2 Å². The Morgan fingerprint density at radius 2 is 2.26 bits per heavy atom. The number of phenolic OH excluding ortho intramolecular Hbond substituents is 1. The van der Waals surface area contributed by atoms with Crippen LogP contribution in [0.25, 0.3) is 5.57 Å². The van der Waals surface area contributed by atoms with Crippen LogP contribution < -0.4 is 4.74 Å². The molecule has 0 spiro atoms. The molecule has 0 saturated heterocycles. The second-order valence-electron chi connectivity index (χ2n) is 3.91. The minimum absolute atomic E-state index is 0.00190. The molecular formula is C14H15NO4. The molecule has 19 heavy (non-hydrogen) atoms. The summed E-state index contributed by atoms with van der Waals surface area (Å²) in [5.41, 5.74) is 1.26. The van der Waals surface area contributed by atoms with Crippen molar-refractivity contribution in [3.05, 3.63) is 29.8 Å². The van der Waals surface area contributed by atoms with Crippen molar-refractivity contribution in [3.8, 4) is 17.6 Å². The van der Waals surface area contributed by atoms with E-state index in [1.807, 2.05) is 6.07 Å². The van der Waals surface area contributed by atoms with Gasteiger partial charge >= 0.3 is 5.97 Å². The van der Waals surface area contributed by atoms with Gasteiger partial charge in [-0.1, -0.05) is 6.07 Å². The molecule has 0 bridgehead atoms. The van der Waals surface area contributed by atoms with Crippen molar-refractivity contribution < 1.29 is 19.7 Å². The molecule has 0 fully saturated rings. The first-order chi connectivity index (χ1) is 9.08. The number of aromatic hydroxyl groups is 1. The van der Waals surface area contributed by atoms with Gasteiger partial charge in [-0.3, -0.25) is 0 Å². The van der Waals surface area contributed by atoms with E-state index in [-0.39, 0.29) is 11.5 Å². The molecule has 0 atom stereocenters. The van der Waals surface area contributed by atoms with Crippen molar-refractivity contribution >= 4 is 11.5 Å². The van der Waals surface area contributed by atoms with E-state index in [9.17, 15) is 9.90 Å². The van der Waals surface area contributed by atoms with E-state index in [0.29, 0.717) is 30.4 Å². The van der Waals surface area contributed by atoms with Gasteiger partial charge < -0.3 is 14.9 Å². The maximum absolute atomic E-state index is 10.8. The Kier molecular flexibility index (Phi) is 5.42. The minimum Gasteiger partial charge on any atom is -0.504 e. The summed E-state index contributed by atoms with van der Waals surface area (Å²) in [5, 5.41) is 26.9. The minimum atomic E-state index is -1.04. The lowest BCUT2D eigenvalue weighted by atomic mass is 9.99. The largest absolute Gasteiger partial charge is 0.504 e. The second kappa shape index (κ2) is 7.07. The summed E-state index contributed by atoms with van der Waals surface area (Å²) >= 11 is 0. The SMILES string of the molecule is COc1cc(/C(=C/C(=O)O)CCCC#N)ccc1O. The number of methoxy groups -OCH3 is 1. The number of nitriles is 1. The van der Waals surface area contributed by atoms with E-state index >= 15 is 0 Å². The third-order valence-electron chi connectivity index (χ3n) is 2.58. The average Bonchev–Trinajstić information content (AvgIpc) is 2.38. The number of nitrogens with zero attached hydrogens (tertiary/aromatic N) is 1. The Labute approximate surface area is 111 Å². The van der Waals surface area contributed by atoms with Gasteiger partial charge in [-0.25, -0.2) is 4.79 Å². The third-order valence-corrected chi connectivity index (χ3v) is 2.58. The lowest BCUT2D eigenvalue weighted by Crippen LogP contribution is -1.94. The number of ether oxygens (including phenoxy) is 1. The summed E-state index contributed by atoms with van der Waals surface area (Å²) in [4.78, 5) is 10.8.